The monoisotopic (exact) mass is 179 g/mol. The summed E-state index contributed by atoms with van der Waals surface area (Å²) < 4.78 is 1.65. The highest BCUT2D eigenvalue weighted by Crippen LogP contribution is 2.07. The van der Waals surface area contributed by atoms with Gasteiger partial charge < -0.3 is 9.88 Å². The van der Waals surface area contributed by atoms with E-state index in [9.17, 15) is 4.79 Å². The Morgan fingerprint density at radius 2 is 2.15 bits per heavy atom. The van der Waals surface area contributed by atoms with Crippen LogP contribution >= 0.6 is 0 Å². The molecule has 0 radical (unpaired) electrons. The zero-order chi connectivity index (χ0) is 9.84. The van der Waals surface area contributed by atoms with Crippen LogP contribution in [0.5, 0.6) is 0 Å². The van der Waals surface area contributed by atoms with Crippen molar-refractivity contribution < 1.29 is 5.32 Å². The van der Waals surface area contributed by atoms with E-state index < -0.39 is 0 Å². The van der Waals surface area contributed by atoms with E-state index in [1.165, 1.54) is 0 Å². The molecule has 1 aromatic heterocycles. The third kappa shape index (κ3) is 1.87. The fourth-order valence-corrected chi connectivity index (χ4v) is 1.28. The van der Waals surface area contributed by atoms with Crippen molar-refractivity contribution in [3.63, 3.8) is 0 Å². The Morgan fingerprint density at radius 1 is 1.46 bits per heavy atom. The minimum atomic E-state index is 0.0266. The molecule has 0 spiro atoms. The summed E-state index contributed by atoms with van der Waals surface area (Å²) in [6.07, 6.45) is 3.87. The molecular formula is C10H15N2O+. The van der Waals surface area contributed by atoms with Gasteiger partial charge >= 0.3 is 0 Å². The number of rotatable bonds is 2. The number of nitrogens with two attached hydrogens (primary N) is 1. The van der Waals surface area contributed by atoms with Gasteiger partial charge in [-0.25, -0.2) is 0 Å². The van der Waals surface area contributed by atoms with Gasteiger partial charge in [0.1, 0.15) is 5.69 Å². The van der Waals surface area contributed by atoms with Crippen molar-refractivity contribution in [2.75, 3.05) is 7.05 Å². The molecule has 0 aliphatic carbocycles. The van der Waals surface area contributed by atoms with Crippen molar-refractivity contribution in [1.82, 2.24) is 4.57 Å². The Hall–Kier alpha value is -1.35. The van der Waals surface area contributed by atoms with Gasteiger partial charge in [0.05, 0.1) is 7.05 Å². The second-order valence-corrected chi connectivity index (χ2v) is 2.86. The first-order valence-electron chi connectivity index (χ1n) is 4.32. The van der Waals surface area contributed by atoms with Crippen molar-refractivity contribution in [2.24, 2.45) is 7.05 Å². The van der Waals surface area contributed by atoms with Crippen molar-refractivity contribution in [3.05, 3.63) is 34.3 Å². The Bertz CT molecular complexity index is 377. The number of allylic oxidation sites excluding steroid dienone is 1. The highest BCUT2D eigenvalue weighted by molar-refractivity contribution is 5.56. The van der Waals surface area contributed by atoms with E-state index in [2.05, 4.69) is 0 Å². The van der Waals surface area contributed by atoms with Crippen molar-refractivity contribution in [3.8, 4) is 0 Å². The zero-order valence-electron chi connectivity index (χ0n) is 8.24. The third-order valence-electron chi connectivity index (χ3n) is 2.03. The van der Waals surface area contributed by atoms with Crippen LogP contribution in [0.3, 0.4) is 0 Å². The summed E-state index contributed by atoms with van der Waals surface area (Å²) in [7, 11) is 3.75. The average molecular weight is 179 g/mol. The average Bonchev–Trinajstić information content (AvgIpc) is 2.14. The second kappa shape index (κ2) is 4.05. The van der Waals surface area contributed by atoms with Crippen molar-refractivity contribution >= 4 is 11.8 Å². The minimum Gasteiger partial charge on any atom is -0.314 e. The molecule has 13 heavy (non-hydrogen) atoms. The van der Waals surface area contributed by atoms with Crippen LogP contribution in [0.2, 0.25) is 0 Å². The summed E-state index contributed by atoms with van der Waals surface area (Å²) in [5, 5.41) is 1.99. The van der Waals surface area contributed by atoms with Crippen LogP contribution in [0, 0.1) is 0 Å². The fraction of sp³-hybridized carbons (Fsp3) is 0.300. The molecular weight excluding hydrogens is 164 g/mol. The first kappa shape index (κ1) is 9.74. The molecule has 0 bridgehead atoms. The lowest BCUT2D eigenvalue weighted by Gasteiger charge is -2.05. The lowest BCUT2D eigenvalue weighted by Crippen LogP contribution is -2.73. The van der Waals surface area contributed by atoms with Crippen LogP contribution in [0.25, 0.3) is 6.08 Å². The molecule has 0 saturated carbocycles. The number of aromatic nitrogens is 1. The number of hydrogen-bond acceptors (Lipinski definition) is 1. The number of hydrogen-bond donors (Lipinski definition) is 1. The van der Waals surface area contributed by atoms with Gasteiger partial charge in [0.25, 0.3) is 5.56 Å². The number of quaternary nitrogens is 1. The lowest BCUT2D eigenvalue weighted by atomic mass is 10.2. The van der Waals surface area contributed by atoms with E-state index >= 15 is 0 Å². The molecule has 3 heteroatoms. The smallest absolute Gasteiger partial charge is 0.251 e. The van der Waals surface area contributed by atoms with Gasteiger partial charge in [0.15, 0.2) is 5.69 Å². The molecule has 0 aliphatic heterocycles. The van der Waals surface area contributed by atoms with Gasteiger partial charge in [-0.2, -0.15) is 0 Å². The van der Waals surface area contributed by atoms with Crippen LogP contribution in [-0.4, -0.2) is 11.6 Å². The highest BCUT2D eigenvalue weighted by Gasteiger charge is 2.05. The van der Waals surface area contributed by atoms with Crippen LogP contribution in [0.4, 0.5) is 5.69 Å². The predicted octanol–water partition coefficient (Wildman–Crippen LogP) is 0.243. The van der Waals surface area contributed by atoms with Crippen molar-refractivity contribution in [1.29, 1.82) is 0 Å². The molecule has 2 N–H and O–H groups in total. The zero-order valence-corrected chi connectivity index (χ0v) is 8.24. The summed E-state index contributed by atoms with van der Waals surface area (Å²) in [6, 6.07) is 3.43. The first-order chi connectivity index (χ1) is 6.20. The third-order valence-corrected chi connectivity index (χ3v) is 2.03. The summed E-state index contributed by atoms with van der Waals surface area (Å²) in [6.45, 7) is 1.94. The highest BCUT2D eigenvalue weighted by atomic mass is 16.1. The maximum Gasteiger partial charge on any atom is 0.251 e. The molecule has 0 atom stereocenters. The molecule has 70 valence electrons. The molecule has 1 heterocycles. The van der Waals surface area contributed by atoms with Gasteiger partial charge in [-0.05, 0) is 13.0 Å². The van der Waals surface area contributed by atoms with Crippen LogP contribution in [0.15, 0.2) is 23.0 Å². The Morgan fingerprint density at radius 3 is 2.69 bits per heavy atom. The minimum absolute atomic E-state index is 0.0266. The maximum absolute atomic E-state index is 11.3. The molecule has 0 aliphatic rings. The van der Waals surface area contributed by atoms with Crippen LogP contribution in [-0.2, 0) is 7.05 Å². The van der Waals surface area contributed by atoms with Gasteiger partial charge in [-0.15, -0.1) is 0 Å². The molecule has 0 saturated heterocycles. The first-order valence-corrected chi connectivity index (χ1v) is 4.32. The molecule has 0 aromatic carbocycles. The topological polar surface area (TPSA) is 38.6 Å². The van der Waals surface area contributed by atoms with Gasteiger partial charge in [-0.1, -0.05) is 6.08 Å². The quantitative estimate of drug-likeness (QED) is 0.694. The molecule has 1 aromatic rings. The summed E-state index contributed by atoms with van der Waals surface area (Å²) in [5.74, 6) is 0. The fourth-order valence-electron chi connectivity index (χ4n) is 1.28. The Kier molecular flexibility index (Phi) is 3.03. The number of pyridine rings is 1. The standard InChI is InChI=1S/C10H14N2O/c1-4-5-9-8(11-2)6-7-10(13)12(9)3/h4-7,11H,1-3H3/p+1/b5-4-. The van der Waals surface area contributed by atoms with E-state index in [-0.39, 0.29) is 5.56 Å². The van der Waals surface area contributed by atoms with E-state index in [0.717, 1.165) is 11.4 Å². The van der Waals surface area contributed by atoms with Gasteiger partial charge in [-0.3, -0.25) is 4.79 Å². The Balaban J connectivity index is 3.41. The van der Waals surface area contributed by atoms with E-state index in [1.54, 1.807) is 17.7 Å². The van der Waals surface area contributed by atoms with Gasteiger partial charge in [0, 0.05) is 19.2 Å². The SMILES string of the molecule is C/C=C\c1c([NH2+]C)ccc(=O)n1C. The molecule has 0 amide bonds. The van der Waals surface area contributed by atoms with E-state index in [0.29, 0.717) is 0 Å². The molecule has 3 nitrogen and oxygen atoms in total. The van der Waals surface area contributed by atoms with Crippen molar-refractivity contribution in [2.45, 2.75) is 6.92 Å². The molecule has 0 fully saturated rings. The summed E-state index contributed by atoms with van der Waals surface area (Å²) in [4.78, 5) is 11.3. The van der Waals surface area contributed by atoms with Crippen LogP contribution < -0.4 is 10.9 Å². The summed E-state index contributed by atoms with van der Waals surface area (Å²) in [5.41, 5.74) is 2.07. The Labute approximate surface area is 77.7 Å². The number of nitrogens with zero attached hydrogens (tertiary/aromatic N) is 1. The second-order valence-electron chi connectivity index (χ2n) is 2.86. The van der Waals surface area contributed by atoms with E-state index in [4.69, 9.17) is 0 Å². The molecule has 0 unspecified atom stereocenters. The van der Waals surface area contributed by atoms with Crippen LogP contribution in [0.1, 0.15) is 12.6 Å². The maximum atomic E-state index is 11.3. The summed E-state index contributed by atoms with van der Waals surface area (Å²) >= 11 is 0. The molecule has 1 rings (SSSR count). The largest absolute Gasteiger partial charge is 0.314 e. The normalized spacial score (nSPS) is 11.0. The van der Waals surface area contributed by atoms with E-state index in [1.807, 2.05) is 37.5 Å². The lowest BCUT2D eigenvalue weighted by molar-refractivity contribution is -0.539. The van der Waals surface area contributed by atoms with Gasteiger partial charge in [0.2, 0.25) is 0 Å². The predicted molar refractivity (Wildman–Crippen MR) is 53.9 cm³/mol.